The maximum Gasteiger partial charge on any atom is 0.126 e. The minimum atomic E-state index is -0.512. The van der Waals surface area contributed by atoms with E-state index in [0.29, 0.717) is 17.3 Å². The second kappa shape index (κ2) is 4.58. The topological polar surface area (TPSA) is 20.2 Å². The van der Waals surface area contributed by atoms with Crippen LogP contribution in [0.4, 0.5) is 4.39 Å². The molecule has 66 valence electrons. The molecule has 0 amide bonds. The minimum Gasteiger partial charge on any atom is -0.392 e. The van der Waals surface area contributed by atoms with Crippen LogP contribution in [0.1, 0.15) is 5.56 Å². The van der Waals surface area contributed by atoms with E-state index in [4.69, 9.17) is 0 Å². The van der Waals surface area contributed by atoms with Gasteiger partial charge in [0.1, 0.15) is 5.82 Å². The summed E-state index contributed by atoms with van der Waals surface area (Å²) in [6, 6.07) is 6.48. The Kier molecular flexibility index (Phi) is 3.69. The predicted octanol–water partition coefficient (Wildman–Crippen LogP) is 2.12. The minimum absolute atomic E-state index is 0.252. The molecule has 0 saturated heterocycles. The van der Waals surface area contributed by atoms with Gasteiger partial charge in [0, 0.05) is 11.8 Å². The summed E-state index contributed by atoms with van der Waals surface area (Å²) >= 11 is 3.12. The van der Waals surface area contributed by atoms with Crippen LogP contribution in [0.15, 0.2) is 24.3 Å². The van der Waals surface area contributed by atoms with Crippen LogP contribution in [0.25, 0.3) is 0 Å². The zero-order valence-corrected chi connectivity index (χ0v) is 8.09. The molecule has 1 aromatic rings. The molecule has 0 saturated carbocycles. The van der Waals surface area contributed by atoms with Crippen molar-refractivity contribution in [3.8, 4) is 0 Å². The van der Waals surface area contributed by atoms with E-state index in [1.807, 2.05) is 0 Å². The fourth-order valence-electron chi connectivity index (χ4n) is 0.972. The third kappa shape index (κ3) is 2.57. The number of aliphatic hydroxyl groups excluding tert-OH is 1. The molecule has 0 spiro atoms. The second-order valence-corrected chi connectivity index (χ2v) is 3.25. The Balaban J connectivity index is 2.69. The van der Waals surface area contributed by atoms with E-state index >= 15 is 0 Å². The normalized spacial score (nSPS) is 12.9. The summed E-state index contributed by atoms with van der Waals surface area (Å²) < 4.78 is 13.0. The quantitative estimate of drug-likeness (QED) is 0.793. The highest BCUT2D eigenvalue weighted by Crippen LogP contribution is 2.09. The molecule has 1 rings (SSSR count). The molecule has 1 unspecified atom stereocenters. The fourth-order valence-corrected chi connectivity index (χ4v) is 1.20. The van der Waals surface area contributed by atoms with E-state index in [0.717, 1.165) is 0 Å². The van der Waals surface area contributed by atoms with E-state index in [2.05, 4.69) is 15.9 Å². The van der Waals surface area contributed by atoms with E-state index < -0.39 is 6.10 Å². The van der Waals surface area contributed by atoms with Gasteiger partial charge >= 0.3 is 0 Å². The molecule has 0 aliphatic rings. The van der Waals surface area contributed by atoms with Gasteiger partial charge in [-0.15, -0.1) is 0 Å². The second-order valence-electron chi connectivity index (χ2n) is 2.60. The molecule has 0 aliphatic heterocycles. The molecule has 1 nitrogen and oxygen atoms in total. The summed E-state index contributed by atoms with van der Waals surface area (Å²) in [6.45, 7) is 0. The van der Waals surface area contributed by atoms with Crippen molar-refractivity contribution in [2.24, 2.45) is 0 Å². The van der Waals surface area contributed by atoms with E-state index in [-0.39, 0.29) is 5.82 Å². The van der Waals surface area contributed by atoms with Crippen LogP contribution in [0.3, 0.4) is 0 Å². The van der Waals surface area contributed by atoms with Gasteiger partial charge in [-0.2, -0.15) is 0 Å². The van der Waals surface area contributed by atoms with Crippen molar-refractivity contribution in [2.75, 3.05) is 5.33 Å². The molecule has 1 atom stereocenters. The molecule has 0 aliphatic carbocycles. The van der Waals surface area contributed by atoms with E-state index in [9.17, 15) is 9.50 Å². The van der Waals surface area contributed by atoms with Gasteiger partial charge in [-0.3, -0.25) is 0 Å². The number of hydrogen-bond acceptors (Lipinski definition) is 1. The van der Waals surface area contributed by atoms with Crippen molar-refractivity contribution in [1.82, 2.24) is 0 Å². The Morgan fingerprint density at radius 1 is 1.42 bits per heavy atom. The Morgan fingerprint density at radius 2 is 2.08 bits per heavy atom. The number of rotatable bonds is 3. The van der Waals surface area contributed by atoms with Crippen molar-refractivity contribution >= 4 is 15.9 Å². The SMILES string of the molecule is OC(CBr)Cc1ccccc1F. The van der Waals surface area contributed by atoms with Gasteiger partial charge in [0.15, 0.2) is 0 Å². The average Bonchev–Trinajstić information content (AvgIpc) is 2.09. The highest BCUT2D eigenvalue weighted by atomic mass is 79.9. The van der Waals surface area contributed by atoms with Gasteiger partial charge in [-0.05, 0) is 11.6 Å². The maximum absolute atomic E-state index is 13.0. The van der Waals surface area contributed by atoms with Crippen molar-refractivity contribution in [1.29, 1.82) is 0 Å². The lowest BCUT2D eigenvalue weighted by Crippen LogP contribution is -2.12. The Labute approximate surface area is 79.4 Å². The first kappa shape index (κ1) is 9.68. The largest absolute Gasteiger partial charge is 0.392 e. The number of alkyl halides is 1. The molecular formula is C9H10BrFO. The first-order valence-corrected chi connectivity index (χ1v) is 4.83. The third-order valence-electron chi connectivity index (χ3n) is 1.59. The standard InChI is InChI=1S/C9H10BrFO/c10-6-8(12)5-7-3-1-2-4-9(7)11/h1-4,8,12H,5-6H2. The van der Waals surface area contributed by atoms with Crippen molar-refractivity contribution in [2.45, 2.75) is 12.5 Å². The lowest BCUT2D eigenvalue weighted by Gasteiger charge is -2.06. The van der Waals surface area contributed by atoms with Crippen LogP contribution in [0.5, 0.6) is 0 Å². The molecule has 12 heavy (non-hydrogen) atoms. The number of hydrogen-bond donors (Lipinski definition) is 1. The van der Waals surface area contributed by atoms with Crippen LogP contribution in [-0.4, -0.2) is 16.5 Å². The van der Waals surface area contributed by atoms with E-state index in [1.54, 1.807) is 18.2 Å². The molecule has 1 aromatic carbocycles. The monoisotopic (exact) mass is 232 g/mol. The average molecular weight is 233 g/mol. The maximum atomic E-state index is 13.0. The van der Waals surface area contributed by atoms with Gasteiger partial charge in [-0.25, -0.2) is 4.39 Å². The van der Waals surface area contributed by atoms with Gasteiger partial charge in [0.2, 0.25) is 0 Å². The third-order valence-corrected chi connectivity index (χ3v) is 2.34. The Bertz CT molecular complexity index is 252. The molecule has 0 heterocycles. The van der Waals surface area contributed by atoms with Crippen LogP contribution in [0, 0.1) is 5.82 Å². The molecule has 0 aromatic heterocycles. The number of halogens is 2. The summed E-state index contributed by atoms with van der Waals surface area (Å²) in [5, 5.41) is 9.70. The van der Waals surface area contributed by atoms with Crippen molar-refractivity contribution < 1.29 is 9.50 Å². The molecule has 0 radical (unpaired) electrons. The fraction of sp³-hybridized carbons (Fsp3) is 0.333. The molecule has 0 fully saturated rings. The first-order chi connectivity index (χ1) is 5.74. The smallest absolute Gasteiger partial charge is 0.126 e. The molecule has 1 N–H and O–H groups in total. The predicted molar refractivity (Wildman–Crippen MR) is 49.9 cm³/mol. The highest BCUT2D eigenvalue weighted by molar-refractivity contribution is 9.09. The first-order valence-electron chi connectivity index (χ1n) is 3.71. The number of benzene rings is 1. The molecule has 3 heteroatoms. The van der Waals surface area contributed by atoms with Crippen LogP contribution < -0.4 is 0 Å². The Hall–Kier alpha value is -0.410. The Morgan fingerprint density at radius 3 is 2.67 bits per heavy atom. The molecular weight excluding hydrogens is 223 g/mol. The van der Waals surface area contributed by atoms with Crippen LogP contribution in [0.2, 0.25) is 0 Å². The summed E-state index contributed by atoms with van der Waals surface area (Å²) in [7, 11) is 0. The van der Waals surface area contributed by atoms with Gasteiger partial charge in [-0.1, -0.05) is 34.1 Å². The summed E-state index contributed by atoms with van der Waals surface area (Å²) in [6.07, 6.45) is -0.153. The summed E-state index contributed by atoms with van der Waals surface area (Å²) in [5.74, 6) is -0.252. The van der Waals surface area contributed by atoms with Crippen molar-refractivity contribution in [3.05, 3.63) is 35.6 Å². The zero-order valence-electron chi connectivity index (χ0n) is 6.50. The van der Waals surface area contributed by atoms with Crippen LogP contribution >= 0.6 is 15.9 Å². The van der Waals surface area contributed by atoms with Crippen molar-refractivity contribution in [3.63, 3.8) is 0 Å². The lowest BCUT2D eigenvalue weighted by molar-refractivity contribution is 0.200. The summed E-state index contributed by atoms with van der Waals surface area (Å²) in [5.41, 5.74) is 0.560. The van der Waals surface area contributed by atoms with E-state index in [1.165, 1.54) is 6.07 Å². The summed E-state index contributed by atoms with van der Waals surface area (Å²) in [4.78, 5) is 0. The van der Waals surface area contributed by atoms with Gasteiger partial charge < -0.3 is 5.11 Å². The zero-order chi connectivity index (χ0) is 8.97. The van der Waals surface area contributed by atoms with Gasteiger partial charge in [0.05, 0.1) is 6.10 Å². The lowest BCUT2D eigenvalue weighted by atomic mass is 10.1. The molecule has 0 bridgehead atoms. The highest BCUT2D eigenvalue weighted by Gasteiger charge is 2.06. The number of aliphatic hydroxyl groups is 1. The van der Waals surface area contributed by atoms with Crippen LogP contribution in [-0.2, 0) is 6.42 Å². The van der Waals surface area contributed by atoms with Gasteiger partial charge in [0.25, 0.3) is 0 Å².